The second-order valence-electron chi connectivity index (χ2n) is 5.40. The smallest absolute Gasteiger partial charge is 0.312 e. The van der Waals surface area contributed by atoms with Gasteiger partial charge in [0.25, 0.3) is 5.91 Å². The van der Waals surface area contributed by atoms with Gasteiger partial charge in [0, 0.05) is 18.7 Å². The second kappa shape index (κ2) is 8.67. The monoisotopic (exact) mass is 329 g/mol. The number of carbonyl (C=O) groups excluding carboxylic acids is 2. The summed E-state index contributed by atoms with van der Waals surface area (Å²) in [7, 11) is 0. The molecule has 0 aliphatic heterocycles. The molecule has 24 heavy (non-hydrogen) atoms. The van der Waals surface area contributed by atoms with Crippen molar-refractivity contribution in [1.29, 1.82) is 0 Å². The van der Waals surface area contributed by atoms with Crippen molar-refractivity contribution in [1.82, 2.24) is 10.6 Å². The van der Waals surface area contributed by atoms with E-state index < -0.39 is 6.03 Å². The molecule has 0 atom stereocenters. The predicted octanol–water partition coefficient (Wildman–Crippen LogP) is 2.36. The molecule has 0 aliphatic carbocycles. The number of urea groups is 1. The van der Waals surface area contributed by atoms with Gasteiger partial charge in [-0.2, -0.15) is 0 Å². The van der Waals surface area contributed by atoms with Gasteiger partial charge in [0.2, 0.25) is 0 Å². The second-order valence-corrected chi connectivity index (χ2v) is 5.40. The van der Waals surface area contributed by atoms with Crippen molar-refractivity contribution in [2.75, 3.05) is 6.54 Å². The van der Waals surface area contributed by atoms with E-state index >= 15 is 0 Å². The molecule has 6 heteroatoms. The van der Waals surface area contributed by atoms with Gasteiger partial charge in [0.15, 0.2) is 0 Å². The maximum atomic E-state index is 13.1. The van der Waals surface area contributed by atoms with Crippen molar-refractivity contribution < 1.29 is 14.0 Å². The molecule has 0 aromatic heterocycles. The van der Waals surface area contributed by atoms with Crippen LogP contribution in [-0.4, -0.2) is 18.5 Å². The zero-order valence-corrected chi connectivity index (χ0v) is 13.2. The van der Waals surface area contributed by atoms with Crippen molar-refractivity contribution >= 4 is 11.9 Å². The highest BCUT2D eigenvalue weighted by molar-refractivity contribution is 5.94. The summed E-state index contributed by atoms with van der Waals surface area (Å²) in [5.74, 6) is -0.411. The molecule has 0 saturated heterocycles. The maximum Gasteiger partial charge on any atom is 0.312 e. The third kappa shape index (κ3) is 5.72. The minimum Gasteiger partial charge on any atom is -0.352 e. The molecule has 0 saturated carbocycles. The Morgan fingerprint density at radius 1 is 1.00 bits per heavy atom. The first-order chi connectivity index (χ1) is 11.5. The van der Waals surface area contributed by atoms with Crippen LogP contribution in [0.15, 0.2) is 48.5 Å². The molecule has 2 aromatic carbocycles. The van der Waals surface area contributed by atoms with Gasteiger partial charge in [-0.25, -0.2) is 9.18 Å². The average molecular weight is 329 g/mol. The van der Waals surface area contributed by atoms with Crippen LogP contribution >= 0.6 is 0 Å². The lowest BCUT2D eigenvalue weighted by Gasteiger charge is -2.07. The molecule has 126 valence electrons. The summed E-state index contributed by atoms with van der Waals surface area (Å²) in [6.07, 6.45) is 1.44. The van der Waals surface area contributed by atoms with Gasteiger partial charge in [-0.15, -0.1) is 0 Å². The molecule has 0 aliphatic rings. The molecular weight excluding hydrogens is 309 g/mol. The highest BCUT2D eigenvalue weighted by Crippen LogP contribution is 2.07. The summed E-state index contributed by atoms with van der Waals surface area (Å²) < 4.78 is 13.1. The molecule has 5 nitrogen and oxygen atoms in total. The molecule has 2 rings (SSSR count). The number of hydrogen-bond donors (Lipinski definition) is 3. The maximum absolute atomic E-state index is 13.1. The van der Waals surface area contributed by atoms with Gasteiger partial charge in [-0.05, 0) is 48.2 Å². The summed E-state index contributed by atoms with van der Waals surface area (Å²) >= 11 is 0. The van der Waals surface area contributed by atoms with Crippen molar-refractivity contribution in [2.24, 2.45) is 5.73 Å². The Morgan fingerprint density at radius 3 is 2.42 bits per heavy atom. The standard InChI is InChI=1S/C18H20FN3O2/c19-16-5-1-3-13(11-16)4-2-10-21-17(23)15-8-6-14(7-9-15)12-22-18(20)24/h1,3,5-9,11H,2,4,10,12H2,(H,21,23)(H3,20,22,24). The van der Waals surface area contributed by atoms with Crippen LogP contribution in [0.25, 0.3) is 0 Å². The fourth-order valence-electron chi connectivity index (χ4n) is 2.25. The molecule has 0 bridgehead atoms. The number of carbonyl (C=O) groups is 2. The SMILES string of the molecule is NC(=O)NCc1ccc(C(=O)NCCCc2cccc(F)c2)cc1. The Hall–Kier alpha value is -2.89. The van der Waals surface area contributed by atoms with E-state index in [9.17, 15) is 14.0 Å². The number of nitrogens with two attached hydrogens (primary N) is 1. The summed E-state index contributed by atoms with van der Waals surface area (Å²) in [5.41, 5.74) is 7.32. The fraction of sp³-hybridized carbons (Fsp3) is 0.222. The number of rotatable bonds is 7. The first kappa shape index (κ1) is 17.5. The van der Waals surface area contributed by atoms with Crippen molar-refractivity contribution in [3.05, 3.63) is 71.0 Å². The van der Waals surface area contributed by atoms with E-state index in [1.807, 2.05) is 6.07 Å². The van der Waals surface area contributed by atoms with E-state index in [1.54, 1.807) is 30.3 Å². The van der Waals surface area contributed by atoms with Gasteiger partial charge in [0.05, 0.1) is 0 Å². The van der Waals surface area contributed by atoms with Crippen molar-refractivity contribution in [3.8, 4) is 0 Å². The van der Waals surface area contributed by atoms with Crippen LogP contribution in [0.1, 0.15) is 27.9 Å². The molecule has 2 aromatic rings. The van der Waals surface area contributed by atoms with Gasteiger partial charge >= 0.3 is 6.03 Å². The van der Waals surface area contributed by atoms with Crippen LogP contribution in [0.4, 0.5) is 9.18 Å². The zero-order chi connectivity index (χ0) is 17.4. The van der Waals surface area contributed by atoms with Crippen LogP contribution in [0, 0.1) is 5.82 Å². The third-order valence-electron chi connectivity index (χ3n) is 3.50. The molecule has 3 amide bonds. The number of amides is 3. The predicted molar refractivity (Wildman–Crippen MR) is 89.9 cm³/mol. The van der Waals surface area contributed by atoms with Gasteiger partial charge in [-0.3, -0.25) is 4.79 Å². The van der Waals surface area contributed by atoms with E-state index in [1.165, 1.54) is 12.1 Å². The first-order valence-corrected chi connectivity index (χ1v) is 7.69. The number of primary amides is 1. The molecule has 4 N–H and O–H groups in total. The topological polar surface area (TPSA) is 84.2 Å². The van der Waals surface area contributed by atoms with Crippen molar-refractivity contribution in [2.45, 2.75) is 19.4 Å². The van der Waals surface area contributed by atoms with E-state index in [2.05, 4.69) is 10.6 Å². The van der Waals surface area contributed by atoms with Gasteiger partial charge < -0.3 is 16.4 Å². The molecule has 0 radical (unpaired) electrons. The van der Waals surface area contributed by atoms with E-state index in [0.29, 0.717) is 25.1 Å². The number of hydrogen-bond acceptors (Lipinski definition) is 2. The highest BCUT2D eigenvalue weighted by atomic mass is 19.1. The largest absolute Gasteiger partial charge is 0.352 e. The van der Waals surface area contributed by atoms with Crippen LogP contribution in [0.2, 0.25) is 0 Å². The molecule has 0 heterocycles. The summed E-state index contributed by atoms with van der Waals surface area (Å²) in [6, 6.07) is 12.8. The van der Waals surface area contributed by atoms with Crippen molar-refractivity contribution in [3.63, 3.8) is 0 Å². The molecular formula is C18H20FN3O2. The molecule has 0 spiro atoms. The minimum absolute atomic E-state index is 0.163. The van der Waals surface area contributed by atoms with Crippen LogP contribution in [0.3, 0.4) is 0 Å². The lowest BCUT2D eigenvalue weighted by atomic mass is 10.1. The molecule has 0 unspecified atom stereocenters. The Balaban J connectivity index is 1.75. The Bertz CT molecular complexity index is 702. The van der Waals surface area contributed by atoms with Gasteiger partial charge in [0.1, 0.15) is 5.82 Å². The summed E-state index contributed by atoms with van der Waals surface area (Å²) in [6.45, 7) is 0.838. The molecule has 0 fully saturated rings. The Labute approximate surface area is 140 Å². The normalized spacial score (nSPS) is 10.2. The summed E-state index contributed by atoms with van der Waals surface area (Å²) in [4.78, 5) is 22.7. The Morgan fingerprint density at radius 2 is 1.75 bits per heavy atom. The average Bonchev–Trinajstić information content (AvgIpc) is 2.57. The minimum atomic E-state index is -0.588. The number of halogens is 1. The third-order valence-corrected chi connectivity index (χ3v) is 3.50. The number of nitrogens with one attached hydrogen (secondary N) is 2. The number of benzene rings is 2. The quantitative estimate of drug-likeness (QED) is 0.681. The first-order valence-electron chi connectivity index (χ1n) is 7.69. The van der Waals surface area contributed by atoms with Crippen LogP contribution in [-0.2, 0) is 13.0 Å². The Kier molecular flexibility index (Phi) is 6.31. The fourth-order valence-corrected chi connectivity index (χ4v) is 2.25. The van der Waals surface area contributed by atoms with Gasteiger partial charge in [-0.1, -0.05) is 24.3 Å². The van der Waals surface area contributed by atoms with E-state index in [0.717, 1.165) is 17.5 Å². The van der Waals surface area contributed by atoms with E-state index in [4.69, 9.17) is 5.73 Å². The lowest BCUT2D eigenvalue weighted by molar-refractivity contribution is 0.0953. The zero-order valence-electron chi connectivity index (χ0n) is 13.2. The lowest BCUT2D eigenvalue weighted by Crippen LogP contribution is -2.28. The summed E-state index contributed by atoms with van der Waals surface area (Å²) in [5, 5.41) is 5.31. The van der Waals surface area contributed by atoms with E-state index in [-0.39, 0.29) is 11.7 Å². The number of aryl methyl sites for hydroxylation is 1. The van der Waals surface area contributed by atoms with Crippen LogP contribution in [0.5, 0.6) is 0 Å². The van der Waals surface area contributed by atoms with Crippen LogP contribution < -0.4 is 16.4 Å². The highest BCUT2D eigenvalue weighted by Gasteiger charge is 2.05.